The average Bonchev–Trinajstić information content (AvgIpc) is 2.92. The van der Waals surface area contributed by atoms with Crippen molar-refractivity contribution in [2.45, 2.75) is 0 Å². The Morgan fingerprint density at radius 1 is 0.349 bits per heavy atom. The summed E-state index contributed by atoms with van der Waals surface area (Å²) in [6.07, 6.45) is 0. The Bertz CT molecular complexity index is 1850. The molecule has 0 aliphatic carbocycles. The van der Waals surface area contributed by atoms with Gasteiger partial charge in [-0.05, 0) is 54.6 Å². The molecule has 0 spiro atoms. The molecular formula is C30H12BF9O3. The summed E-state index contributed by atoms with van der Waals surface area (Å²) >= 11 is 0. The van der Waals surface area contributed by atoms with Crippen molar-refractivity contribution in [2.24, 2.45) is 0 Å². The Balaban J connectivity index is 1.52. The first-order valence-electron chi connectivity index (χ1n) is 12.2. The third kappa shape index (κ3) is 5.11. The van der Waals surface area contributed by atoms with Crippen LogP contribution in [0.5, 0.6) is 17.2 Å². The lowest BCUT2D eigenvalue weighted by Crippen LogP contribution is -2.37. The van der Waals surface area contributed by atoms with Gasteiger partial charge in [0.05, 0.1) is 16.2 Å². The van der Waals surface area contributed by atoms with Crippen LogP contribution in [0.2, 0.25) is 0 Å². The lowest BCUT2D eigenvalue weighted by atomic mass is 10.0. The molecule has 0 saturated heterocycles. The number of fused-ring (bicyclic) bond motifs is 3. The highest BCUT2D eigenvalue weighted by Crippen LogP contribution is 2.36. The van der Waals surface area contributed by atoms with E-state index in [1.54, 1.807) is 0 Å². The number of halogens is 9. The minimum atomic E-state index is -2.14. The fraction of sp³-hybridized carbons (Fsp3) is 0. The van der Waals surface area contributed by atoms with E-state index < -0.39 is 109 Å². The Kier molecular flexibility index (Phi) is 6.95. The molecule has 0 aliphatic heterocycles. The van der Waals surface area contributed by atoms with Gasteiger partial charge in [0.15, 0.2) is 0 Å². The van der Waals surface area contributed by atoms with Gasteiger partial charge in [0, 0.05) is 34.4 Å². The van der Waals surface area contributed by atoms with Crippen molar-refractivity contribution in [3.8, 4) is 17.2 Å². The van der Waals surface area contributed by atoms with Crippen LogP contribution >= 0.6 is 0 Å². The van der Waals surface area contributed by atoms with Crippen molar-refractivity contribution in [1.29, 1.82) is 0 Å². The van der Waals surface area contributed by atoms with Crippen molar-refractivity contribution >= 4 is 39.6 Å². The summed E-state index contributed by atoms with van der Waals surface area (Å²) in [6, 6.07) is 8.74. The first-order chi connectivity index (χ1) is 20.5. The topological polar surface area (TPSA) is 27.7 Å². The normalized spacial score (nSPS) is 11.4. The third-order valence-corrected chi connectivity index (χ3v) is 6.49. The highest BCUT2D eigenvalue weighted by Gasteiger charge is 2.34. The fourth-order valence-electron chi connectivity index (χ4n) is 4.69. The highest BCUT2D eigenvalue weighted by molar-refractivity contribution is 6.40. The molecule has 0 N–H and O–H groups in total. The van der Waals surface area contributed by atoms with Crippen molar-refractivity contribution in [1.82, 2.24) is 0 Å². The first kappa shape index (κ1) is 28.1. The number of hydrogen-bond donors (Lipinski definition) is 0. The maximum Gasteiger partial charge on any atom is 0.864 e. The van der Waals surface area contributed by atoms with Crippen LogP contribution < -0.4 is 14.0 Å². The summed E-state index contributed by atoms with van der Waals surface area (Å²) in [4.78, 5) is 0. The predicted octanol–water partition coefficient (Wildman–Crippen LogP) is 8.92. The molecule has 6 rings (SSSR count). The molecule has 6 aromatic carbocycles. The molecule has 0 saturated carbocycles. The molecule has 0 aliphatic rings. The molecule has 0 radical (unpaired) electrons. The maximum absolute atomic E-state index is 14.5. The van der Waals surface area contributed by atoms with E-state index in [1.807, 2.05) is 0 Å². The summed E-state index contributed by atoms with van der Waals surface area (Å²) in [5.41, 5.74) is 0. The van der Waals surface area contributed by atoms with Gasteiger partial charge in [-0.1, -0.05) is 0 Å². The number of rotatable bonds is 6. The minimum Gasteiger partial charge on any atom is -0.489 e. The van der Waals surface area contributed by atoms with Gasteiger partial charge >= 0.3 is 7.32 Å². The predicted molar refractivity (Wildman–Crippen MR) is 139 cm³/mol. The van der Waals surface area contributed by atoms with Gasteiger partial charge in [-0.15, -0.1) is 0 Å². The highest BCUT2D eigenvalue weighted by atomic mass is 19.2. The van der Waals surface area contributed by atoms with Crippen LogP contribution in [0.3, 0.4) is 0 Å². The molecule has 0 aromatic heterocycles. The van der Waals surface area contributed by atoms with Gasteiger partial charge in [-0.25, -0.2) is 39.5 Å². The number of hydrogen-bond acceptors (Lipinski definition) is 3. The van der Waals surface area contributed by atoms with Crippen LogP contribution in [0.1, 0.15) is 0 Å². The molecular weight excluding hydrogens is 590 g/mol. The molecule has 3 nitrogen and oxygen atoms in total. The van der Waals surface area contributed by atoms with Gasteiger partial charge in [0.2, 0.25) is 0 Å². The van der Waals surface area contributed by atoms with Crippen LogP contribution in [-0.4, -0.2) is 7.32 Å². The molecule has 216 valence electrons. The molecule has 0 bridgehead atoms. The molecule has 0 unspecified atom stereocenters. The SMILES string of the molecule is Fc1cc(F)c2c(F)ccc(OB(Oc3ccc(F)c4c(F)cc(F)cc34)Oc3ccc(F)c4c(F)cc(F)cc34)c2c1. The van der Waals surface area contributed by atoms with Crippen molar-refractivity contribution in [3.63, 3.8) is 0 Å². The van der Waals surface area contributed by atoms with E-state index >= 15 is 0 Å². The average molecular weight is 602 g/mol. The Morgan fingerprint density at radius 2 is 0.628 bits per heavy atom. The summed E-state index contributed by atoms with van der Waals surface area (Å²) < 4.78 is 146. The molecule has 0 amide bonds. The van der Waals surface area contributed by atoms with E-state index in [2.05, 4.69) is 0 Å². The van der Waals surface area contributed by atoms with Gasteiger partial charge in [-0.3, -0.25) is 0 Å². The standard InChI is InChI=1S/C30H12BF9O3/c32-13-7-16-25(4-1-19(35)28(16)22(38)10-13)41-31(42-26-5-2-20(36)29-17(26)8-14(33)11-23(29)39)43-27-6-3-21(37)30-18(27)9-15(34)12-24(30)40/h1-12H. The van der Waals surface area contributed by atoms with Crippen molar-refractivity contribution < 1.29 is 53.5 Å². The largest absolute Gasteiger partial charge is 0.864 e. The van der Waals surface area contributed by atoms with E-state index in [1.165, 1.54) is 0 Å². The van der Waals surface area contributed by atoms with Crippen LogP contribution in [0.4, 0.5) is 39.5 Å². The van der Waals surface area contributed by atoms with Crippen LogP contribution in [0.25, 0.3) is 32.3 Å². The molecule has 13 heteroatoms. The number of benzene rings is 6. The van der Waals surface area contributed by atoms with E-state index in [4.69, 9.17) is 14.0 Å². The Hall–Kier alpha value is -5.07. The van der Waals surface area contributed by atoms with E-state index in [-0.39, 0.29) is 0 Å². The molecule has 0 fully saturated rings. The second-order valence-electron chi connectivity index (χ2n) is 9.21. The molecule has 43 heavy (non-hydrogen) atoms. The van der Waals surface area contributed by atoms with Crippen molar-refractivity contribution in [3.05, 3.63) is 125 Å². The molecule has 6 aromatic rings. The van der Waals surface area contributed by atoms with E-state index in [0.717, 1.165) is 54.6 Å². The molecule has 0 atom stereocenters. The van der Waals surface area contributed by atoms with E-state index in [0.29, 0.717) is 18.2 Å². The quantitative estimate of drug-likeness (QED) is 0.141. The summed E-state index contributed by atoms with van der Waals surface area (Å²) in [5.74, 6) is -11.7. The summed E-state index contributed by atoms with van der Waals surface area (Å²) in [6.45, 7) is 0. The Morgan fingerprint density at radius 3 is 0.907 bits per heavy atom. The second-order valence-corrected chi connectivity index (χ2v) is 9.21. The van der Waals surface area contributed by atoms with Crippen LogP contribution in [-0.2, 0) is 0 Å². The monoisotopic (exact) mass is 602 g/mol. The molecule has 0 heterocycles. The first-order valence-corrected chi connectivity index (χ1v) is 12.2. The van der Waals surface area contributed by atoms with Crippen LogP contribution in [0.15, 0.2) is 72.8 Å². The van der Waals surface area contributed by atoms with Gasteiger partial charge in [0.1, 0.15) is 69.6 Å². The fourth-order valence-corrected chi connectivity index (χ4v) is 4.69. The summed E-state index contributed by atoms with van der Waals surface area (Å²) in [5, 5.41) is -3.33. The zero-order valence-corrected chi connectivity index (χ0v) is 21.1. The lowest BCUT2D eigenvalue weighted by Gasteiger charge is -2.20. The second kappa shape index (κ2) is 10.6. The lowest BCUT2D eigenvalue weighted by molar-refractivity contribution is 0.311. The van der Waals surface area contributed by atoms with E-state index in [9.17, 15) is 39.5 Å². The zero-order valence-electron chi connectivity index (χ0n) is 21.1. The Labute approximate surface area is 235 Å². The minimum absolute atomic E-state index is 0.432. The van der Waals surface area contributed by atoms with Gasteiger partial charge in [-0.2, -0.15) is 0 Å². The van der Waals surface area contributed by atoms with Gasteiger partial charge < -0.3 is 14.0 Å². The van der Waals surface area contributed by atoms with Gasteiger partial charge in [0.25, 0.3) is 0 Å². The summed E-state index contributed by atoms with van der Waals surface area (Å²) in [7, 11) is -2.14. The maximum atomic E-state index is 14.5. The van der Waals surface area contributed by atoms with Crippen LogP contribution in [0, 0.1) is 52.4 Å². The third-order valence-electron chi connectivity index (χ3n) is 6.49. The zero-order chi connectivity index (χ0) is 30.6. The van der Waals surface area contributed by atoms with Crippen molar-refractivity contribution in [2.75, 3.05) is 0 Å². The smallest absolute Gasteiger partial charge is 0.489 e.